The van der Waals surface area contributed by atoms with Gasteiger partial charge < -0.3 is 10.6 Å². The van der Waals surface area contributed by atoms with E-state index in [2.05, 4.69) is 25.9 Å². The first kappa shape index (κ1) is 14.4. The van der Waals surface area contributed by atoms with Crippen LogP contribution in [0.3, 0.4) is 0 Å². The highest BCUT2D eigenvalue weighted by molar-refractivity contribution is 5.92. The predicted molar refractivity (Wildman–Crippen MR) is 94.4 cm³/mol. The molecular weight excluding hydrogens is 302 g/mol. The van der Waals surface area contributed by atoms with Gasteiger partial charge in [0.15, 0.2) is 0 Å². The molecule has 1 saturated carbocycles. The Bertz CT molecular complexity index is 869. The summed E-state index contributed by atoms with van der Waals surface area (Å²) < 4.78 is 0. The van der Waals surface area contributed by atoms with Gasteiger partial charge in [-0.3, -0.25) is 10.3 Å². The summed E-state index contributed by atoms with van der Waals surface area (Å²) in [5.41, 5.74) is 2.66. The number of hydrogen-bond donors (Lipinski definition) is 3. The quantitative estimate of drug-likeness (QED) is 0.686. The number of carbonyl (C=O) groups excluding carboxylic acids is 1. The van der Waals surface area contributed by atoms with Crippen molar-refractivity contribution < 1.29 is 4.79 Å². The van der Waals surface area contributed by atoms with Crippen LogP contribution in [0.15, 0.2) is 54.9 Å². The van der Waals surface area contributed by atoms with Crippen molar-refractivity contribution in [3.8, 4) is 0 Å². The van der Waals surface area contributed by atoms with E-state index in [1.807, 2.05) is 36.4 Å². The number of rotatable bonds is 4. The molecule has 0 saturated heterocycles. The zero-order valence-electron chi connectivity index (χ0n) is 13.0. The first-order chi connectivity index (χ1) is 11.8. The highest BCUT2D eigenvalue weighted by atomic mass is 16.2. The molecule has 0 aliphatic heterocycles. The van der Waals surface area contributed by atoms with E-state index < -0.39 is 0 Å². The van der Waals surface area contributed by atoms with Crippen molar-refractivity contribution in [3.63, 3.8) is 0 Å². The fourth-order valence-corrected chi connectivity index (χ4v) is 2.47. The minimum absolute atomic E-state index is 0.205. The third kappa shape index (κ3) is 3.27. The highest BCUT2D eigenvalue weighted by Crippen LogP contribution is 2.24. The average Bonchev–Trinajstić information content (AvgIpc) is 3.41. The smallest absolute Gasteiger partial charge is 0.320 e. The predicted octanol–water partition coefficient (Wildman–Crippen LogP) is 3.66. The van der Waals surface area contributed by atoms with Crippen LogP contribution in [-0.4, -0.2) is 22.0 Å². The van der Waals surface area contributed by atoms with Crippen molar-refractivity contribution >= 4 is 34.1 Å². The van der Waals surface area contributed by atoms with Gasteiger partial charge in [0.25, 0.3) is 0 Å². The molecule has 24 heavy (non-hydrogen) atoms. The maximum atomic E-state index is 11.7. The number of anilines is 3. The van der Waals surface area contributed by atoms with Crippen molar-refractivity contribution in [2.45, 2.75) is 18.9 Å². The van der Waals surface area contributed by atoms with Crippen LogP contribution in [0.5, 0.6) is 0 Å². The van der Waals surface area contributed by atoms with Crippen LogP contribution in [0.25, 0.3) is 10.9 Å². The van der Waals surface area contributed by atoms with E-state index in [9.17, 15) is 4.79 Å². The van der Waals surface area contributed by atoms with Crippen LogP contribution in [0, 0.1) is 0 Å². The Hall–Kier alpha value is -3.15. The third-order valence-corrected chi connectivity index (χ3v) is 3.83. The topological polar surface area (TPSA) is 78.9 Å². The molecule has 0 atom stereocenters. The molecule has 0 spiro atoms. The summed E-state index contributed by atoms with van der Waals surface area (Å²) in [6.45, 7) is 0. The molecule has 1 aliphatic rings. The molecule has 6 nitrogen and oxygen atoms in total. The second-order valence-electron chi connectivity index (χ2n) is 5.81. The molecule has 6 heteroatoms. The van der Waals surface area contributed by atoms with Gasteiger partial charge in [-0.2, -0.15) is 0 Å². The van der Waals surface area contributed by atoms with E-state index in [-0.39, 0.29) is 6.03 Å². The molecule has 0 radical (unpaired) electrons. The summed E-state index contributed by atoms with van der Waals surface area (Å²) in [5, 5.41) is 9.99. The number of pyridine rings is 2. The number of hydrogen-bond acceptors (Lipinski definition) is 4. The van der Waals surface area contributed by atoms with Crippen molar-refractivity contribution in [2.75, 3.05) is 10.6 Å². The van der Waals surface area contributed by atoms with Gasteiger partial charge in [0.1, 0.15) is 5.82 Å². The van der Waals surface area contributed by atoms with Gasteiger partial charge in [0.2, 0.25) is 0 Å². The maximum absolute atomic E-state index is 11.7. The summed E-state index contributed by atoms with van der Waals surface area (Å²) in [5.74, 6) is 0.523. The standard InChI is InChI=1S/C18H17N5O/c24-18(22-13-6-7-13)23-16-9-8-14(11-20-16)21-15-5-1-3-12-4-2-10-19-17(12)15/h1-5,8-11,13,21H,6-7H2,(H2,20,22,23,24). The van der Waals surface area contributed by atoms with Gasteiger partial charge in [-0.15, -0.1) is 0 Å². The fraction of sp³-hybridized carbons (Fsp3) is 0.167. The van der Waals surface area contributed by atoms with Gasteiger partial charge in [0, 0.05) is 17.6 Å². The zero-order valence-corrected chi connectivity index (χ0v) is 13.0. The molecule has 1 aromatic carbocycles. The number of nitrogens with one attached hydrogen (secondary N) is 3. The molecule has 1 aliphatic carbocycles. The second kappa shape index (κ2) is 6.16. The Morgan fingerprint density at radius 3 is 2.71 bits per heavy atom. The van der Waals surface area contributed by atoms with Crippen LogP contribution in [0.1, 0.15) is 12.8 Å². The van der Waals surface area contributed by atoms with Gasteiger partial charge in [-0.25, -0.2) is 9.78 Å². The fourth-order valence-electron chi connectivity index (χ4n) is 2.47. The lowest BCUT2D eigenvalue weighted by Gasteiger charge is -2.10. The van der Waals surface area contributed by atoms with Crippen molar-refractivity contribution in [1.82, 2.24) is 15.3 Å². The average molecular weight is 319 g/mol. The Morgan fingerprint density at radius 1 is 1.04 bits per heavy atom. The van der Waals surface area contributed by atoms with Crippen LogP contribution in [-0.2, 0) is 0 Å². The maximum Gasteiger partial charge on any atom is 0.320 e. The Morgan fingerprint density at radius 2 is 1.92 bits per heavy atom. The molecule has 2 heterocycles. The molecule has 2 amide bonds. The van der Waals surface area contributed by atoms with E-state index in [1.54, 1.807) is 18.5 Å². The molecule has 1 fully saturated rings. The van der Waals surface area contributed by atoms with Crippen molar-refractivity contribution in [3.05, 3.63) is 54.9 Å². The van der Waals surface area contributed by atoms with E-state index in [1.165, 1.54) is 0 Å². The minimum Gasteiger partial charge on any atom is -0.352 e. The van der Waals surface area contributed by atoms with E-state index in [0.717, 1.165) is 35.1 Å². The van der Waals surface area contributed by atoms with E-state index >= 15 is 0 Å². The minimum atomic E-state index is -0.205. The van der Waals surface area contributed by atoms with Crippen LogP contribution in [0.4, 0.5) is 22.0 Å². The van der Waals surface area contributed by atoms with Crippen molar-refractivity contribution in [1.29, 1.82) is 0 Å². The second-order valence-corrected chi connectivity index (χ2v) is 5.81. The molecule has 0 unspecified atom stereocenters. The van der Waals surface area contributed by atoms with E-state index in [4.69, 9.17) is 0 Å². The molecule has 0 bridgehead atoms. The SMILES string of the molecule is O=C(Nc1ccc(Nc2cccc3cccnc23)cn1)NC1CC1. The Labute approximate surface area is 139 Å². The van der Waals surface area contributed by atoms with Crippen LogP contribution >= 0.6 is 0 Å². The van der Waals surface area contributed by atoms with Gasteiger partial charge >= 0.3 is 6.03 Å². The highest BCUT2D eigenvalue weighted by Gasteiger charge is 2.23. The first-order valence-corrected chi connectivity index (χ1v) is 7.92. The number of para-hydroxylation sites is 1. The monoisotopic (exact) mass is 319 g/mol. The van der Waals surface area contributed by atoms with Crippen LogP contribution in [0.2, 0.25) is 0 Å². The van der Waals surface area contributed by atoms with Gasteiger partial charge in [-0.05, 0) is 37.1 Å². The Balaban J connectivity index is 1.47. The molecule has 3 N–H and O–H groups in total. The number of benzene rings is 1. The molecule has 120 valence electrons. The summed E-state index contributed by atoms with van der Waals surface area (Å²) in [7, 11) is 0. The summed E-state index contributed by atoms with van der Waals surface area (Å²) in [6.07, 6.45) is 5.58. The lowest BCUT2D eigenvalue weighted by molar-refractivity contribution is 0.251. The molecule has 3 aromatic rings. The van der Waals surface area contributed by atoms with Crippen molar-refractivity contribution in [2.24, 2.45) is 0 Å². The summed E-state index contributed by atoms with van der Waals surface area (Å²) in [6, 6.07) is 13.7. The van der Waals surface area contributed by atoms with Gasteiger partial charge in [-0.1, -0.05) is 18.2 Å². The number of aromatic nitrogens is 2. The summed E-state index contributed by atoms with van der Waals surface area (Å²) >= 11 is 0. The number of fused-ring (bicyclic) bond motifs is 1. The van der Waals surface area contributed by atoms with Gasteiger partial charge in [0.05, 0.1) is 23.1 Å². The molecule has 2 aromatic heterocycles. The largest absolute Gasteiger partial charge is 0.352 e. The number of urea groups is 1. The lowest BCUT2D eigenvalue weighted by atomic mass is 10.2. The number of nitrogens with zero attached hydrogens (tertiary/aromatic N) is 2. The molecular formula is C18H17N5O. The van der Waals surface area contributed by atoms with E-state index in [0.29, 0.717) is 11.9 Å². The third-order valence-electron chi connectivity index (χ3n) is 3.83. The van der Waals surface area contributed by atoms with Crippen LogP contribution < -0.4 is 16.0 Å². The molecule has 4 rings (SSSR count). The normalized spacial score (nSPS) is 13.5. The Kier molecular flexibility index (Phi) is 3.70. The number of carbonyl (C=O) groups is 1. The summed E-state index contributed by atoms with van der Waals surface area (Å²) in [4.78, 5) is 20.4. The lowest BCUT2D eigenvalue weighted by Crippen LogP contribution is -2.30. The zero-order chi connectivity index (χ0) is 16.4. The number of amides is 2. The first-order valence-electron chi connectivity index (χ1n) is 7.92.